The molecule has 0 bridgehead atoms. The van der Waals surface area contributed by atoms with E-state index in [2.05, 4.69) is 25.6 Å². The molecule has 11 nitrogen and oxygen atoms in total. The summed E-state index contributed by atoms with van der Waals surface area (Å²) in [5.74, 6) is 1.18. The van der Waals surface area contributed by atoms with Crippen molar-refractivity contribution in [2.24, 2.45) is 0 Å². The number of benzene rings is 1. The van der Waals surface area contributed by atoms with Gasteiger partial charge in [-0.3, -0.25) is 9.59 Å². The average molecular weight is 526 g/mol. The number of anilines is 2. The lowest BCUT2D eigenvalue weighted by molar-refractivity contribution is -0.141. The Hall–Kier alpha value is -3.99. The number of nitrogens with one attached hydrogen (secondary N) is 2. The van der Waals surface area contributed by atoms with Crippen LogP contribution in [0, 0.1) is 0 Å². The van der Waals surface area contributed by atoms with E-state index in [1.165, 1.54) is 13.1 Å². The zero-order chi connectivity index (χ0) is 26.2. The first-order chi connectivity index (χ1) is 17.9. The highest BCUT2D eigenvalue weighted by Crippen LogP contribution is 2.27. The Balaban J connectivity index is 1.56. The van der Waals surface area contributed by atoms with Crippen LogP contribution in [0.3, 0.4) is 0 Å². The molecule has 0 aliphatic carbocycles. The number of nitrogens with zero attached hydrogens (tertiary/aromatic N) is 5. The molecule has 2 N–H and O–H groups in total. The van der Waals surface area contributed by atoms with Gasteiger partial charge in [-0.2, -0.15) is 4.98 Å². The van der Waals surface area contributed by atoms with Crippen molar-refractivity contribution >= 4 is 35.2 Å². The number of hydrogen-bond acceptors (Lipinski definition) is 10. The third kappa shape index (κ3) is 6.82. The van der Waals surface area contributed by atoms with Gasteiger partial charge in [-0.05, 0) is 36.6 Å². The normalized spacial score (nSPS) is 14.8. The molecule has 2 aromatic heterocycles. The van der Waals surface area contributed by atoms with Crippen molar-refractivity contribution in [2.45, 2.75) is 38.9 Å². The molecule has 1 amide bonds. The van der Waals surface area contributed by atoms with Gasteiger partial charge in [0.1, 0.15) is 29.6 Å². The zero-order valence-corrected chi connectivity index (χ0v) is 21.4. The summed E-state index contributed by atoms with van der Waals surface area (Å²) >= 11 is 6.27. The van der Waals surface area contributed by atoms with Crippen LogP contribution in [0.25, 0.3) is 0 Å². The molecule has 0 saturated carbocycles. The van der Waals surface area contributed by atoms with Crippen molar-refractivity contribution in [3.8, 4) is 5.75 Å². The minimum absolute atomic E-state index is 0.0351. The highest BCUT2D eigenvalue weighted by atomic mass is 35.5. The second-order valence-corrected chi connectivity index (χ2v) is 8.80. The van der Waals surface area contributed by atoms with Crippen LogP contribution in [0.1, 0.15) is 41.5 Å². The number of halogens is 1. The van der Waals surface area contributed by atoms with Gasteiger partial charge in [0.2, 0.25) is 5.95 Å². The van der Waals surface area contributed by atoms with Crippen LogP contribution in [-0.2, 0) is 22.6 Å². The van der Waals surface area contributed by atoms with E-state index in [4.69, 9.17) is 26.1 Å². The Kier molecular flexibility index (Phi) is 8.68. The van der Waals surface area contributed by atoms with Crippen molar-refractivity contribution in [1.29, 1.82) is 0 Å². The number of amides is 1. The highest BCUT2D eigenvalue weighted by molar-refractivity contribution is 6.32. The maximum absolute atomic E-state index is 13.1. The number of hydrogen-bond donors (Lipinski definition) is 2. The molecular weight excluding hydrogens is 498 g/mol. The number of esters is 1. The lowest BCUT2D eigenvalue weighted by Crippen LogP contribution is -2.35. The molecule has 3 aromatic rings. The van der Waals surface area contributed by atoms with E-state index in [0.717, 1.165) is 24.9 Å². The second-order valence-electron chi connectivity index (χ2n) is 8.39. The van der Waals surface area contributed by atoms with Crippen LogP contribution >= 0.6 is 11.6 Å². The lowest BCUT2D eigenvalue weighted by atomic mass is 10.2. The van der Waals surface area contributed by atoms with Gasteiger partial charge in [0.05, 0.1) is 24.7 Å². The first-order valence-electron chi connectivity index (χ1n) is 11.8. The molecule has 0 spiro atoms. The fourth-order valence-corrected chi connectivity index (χ4v) is 4.26. The fraction of sp³-hybridized carbons (Fsp3) is 0.360. The van der Waals surface area contributed by atoms with Gasteiger partial charge >= 0.3 is 5.97 Å². The van der Waals surface area contributed by atoms with Crippen molar-refractivity contribution in [2.75, 3.05) is 30.5 Å². The van der Waals surface area contributed by atoms with Gasteiger partial charge in [0.15, 0.2) is 0 Å². The van der Waals surface area contributed by atoms with Crippen molar-refractivity contribution in [3.05, 3.63) is 64.8 Å². The molecule has 37 heavy (non-hydrogen) atoms. The molecule has 1 fully saturated rings. The number of ether oxygens (including phenoxy) is 2. The molecule has 0 radical (unpaired) electrons. The average Bonchev–Trinajstić information content (AvgIpc) is 3.38. The van der Waals surface area contributed by atoms with Gasteiger partial charge in [-0.1, -0.05) is 17.7 Å². The van der Waals surface area contributed by atoms with Gasteiger partial charge < -0.3 is 25.0 Å². The van der Waals surface area contributed by atoms with Gasteiger partial charge in [0, 0.05) is 38.6 Å². The third-order valence-corrected chi connectivity index (χ3v) is 6.13. The molecule has 1 aliphatic heterocycles. The quantitative estimate of drug-likeness (QED) is 0.381. The number of carbonyl (C=O) groups is 2. The molecular formula is C25H28ClN7O4. The summed E-state index contributed by atoms with van der Waals surface area (Å²) in [6.07, 6.45) is 6.49. The Bertz CT molecular complexity index is 1240. The van der Waals surface area contributed by atoms with Gasteiger partial charge in [-0.25, -0.2) is 15.0 Å². The summed E-state index contributed by atoms with van der Waals surface area (Å²) in [5, 5.41) is 6.55. The van der Waals surface area contributed by atoms with Crippen LogP contribution in [0.15, 0.2) is 42.9 Å². The highest BCUT2D eigenvalue weighted by Gasteiger charge is 2.29. The van der Waals surface area contributed by atoms with E-state index in [0.29, 0.717) is 34.9 Å². The molecule has 1 aromatic carbocycles. The second kappa shape index (κ2) is 12.3. The van der Waals surface area contributed by atoms with Crippen LogP contribution in [-0.4, -0.2) is 58.1 Å². The topological polar surface area (TPSA) is 131 Å². The minimum atomic E-state index is -0.368. The van der Waals surface area contributed by atoms with E-state index in [1.54, 1.807) is 37.7 Å². The molecule has 12 heteroatoms. The Labute approximate surface area is 219 Å². The van der Waals surface area contributed by atoms with E-state index in [-0.39, 0.29) is 36.6 Å². The lowest BCUT2D eigenvalue weighted by Gasteiger charge is -2.25. The molecule has 1 atom stereocenters. The summed E-state index contributed by atoms with van der Waals surface area (Å²) in [5.41, 5.74) is 1.15. The van der Waals surface area contributed by atoms with Crippen molar-refractivity contribution in [1.82, 2.24) is 25.3 Å². The molecule has 0 unspecified atom stereocenters. The SMILES string of the molecule is COc1ccc(CNc2nc(N3CCC[C@H]3COC(C)=O)ncc2C(=O)NCc2ncccn2)cc1Cl. The van der Waals surface area contributed by atoms with E-state index < -0.39 is 0 Å². The maximum atomic E-state index is 13.1. The number of aromatic nitrogens is 4. The summed E-state index contributed by atoms with van der Waals surface area (Å²) in [7, 11) is 1.56. The maximum Gasteiger partial charge on any atom is 0.302 e. The molecule has 194 valence electrons. The van der Waals surface area contributed by atoms with Crippen LogP contribution in [0.5, 0.6) is 5.75 Å². The smallest absolute Gasteiger partial charge is 0.302 e. The van der Waals surface area contributed by atoms with Crippen molar-refractivity contribution in [3.63, 3.8) is 0 Å². The van der Waals surface area contributed by atoms with E-state index >= 15 is 0 Å². The van der Waals surface area contributed by atoms with Crippen LogP contribution in [0.2, 0.25) is 5.02 Å². The summed E-state index contributed by atoms with van der Waals surface area (Å²) in [6.45, 7) is 2.88. The van der Waals surface area contributed by atoms with E-state index in [9.17, 15) is 9.59 Å². The minimum Gasteiger partial charge on any atom is -0.495 e. The number of rotatable bonds is 10. The standard InChI is InChI=1S/C25H28ClN7O4/c1-16(34)37-15-18-5-3-10-33(18)25-31-13-19(24(35)30-14-22-27-8-4-9-28-22)23(32-25)29-12-17-6-7-21(36-2)20(26)11-17/h4,6-9,11,13,18H,3,5,10,12,14-15H2,1-2H3,(H,30,35)(H,29,31,32)/t18-/m0/s1. The van der Waals surface area contributed by atoms with Crippen LogP contribution < -0.4 is 20.3 Å². The molecule has 4 rings (SSSR count). The Morgan fingerprint density at radius 2 is 2.00 bits per heavy atom. The van der Waals surface area contributed by atoms with Crippen LogP contribution in [0.4, 0.5) is 11.8 Å². The summed E-state index contributed by atoms with van der Waals surface area (Å²) in [4.78, 5) is 43.8. The fourth-order valence-electron chi connectivity index (χ4n) is 3.98. The molecule has 1 aliphatic rings. The first-order valence-corrected chi connectivity index (χ1v) is 12.2. The summed E-state index contributed by atoms with van der Waals surface area (Å²) in [6, 6.07) is 7.12. The molecule has 1 saturated heterocycles. The van der Waals surface area contributed by atoms with Gasteiger partial charge in [0.25, 0.3) is 5.91 Å². The first kappa shape index (κ1) is 26.1. The monoisotopic (exact) mass is 525 g/mol. The predicted octanol–water partition coefficient (Wildman–Crippen LogP) is 3.00. The third-order valence-electron chi connectivity index (χ3n) is 5.84. The molecule has 3 heterocycles. The number of carbonyl (C=O) groups excluding carboxylic acids is 2. The Morgan fingerprint density at radius 1 is 1.19 bits per heavy atom. The Morgan fingerprint density at radius 3 is 2.73 bits per heavy atom. The zero-order valence-electron chi connectivity index (χ0n) is 20.6. The largest absolute Gasteiger partial charge is 0.495 e. The predicted molar refractivity (Wildman–Crippen MR) is 138 cm³/mol. The van der Waals surface area contributed by atoms with Gasteiger partial charge in [-0.15, -0.1) is 0 Å². The number of methoxy groups -OCH3 is 1. The van der Waals surface area contributed by atoms with Crippen molar-refractivity contribution < 1.29 is 19.1 Å². The van der Waals surface area contributed by atoms with E-state index in [1.807, 2.05) is 11.0 Å². The summed E-state index contributed by atoms with van der Waals surface area (Å²) < 4.78 is 10.4.